The third kappa shape index (κ3) is 5.91. The van der Waals surface area contributed by atoms with Crippen LogP contribution in [0.1, 0.15) is 45.7 Å². The van der Waals surface area contributed by atoms with E-state index in [1.54, 1.807) is 38.1 Å². The maximum absolute atomic E-state index is 13.0. The molecule has 2 amide bonds. The molecule has 162 valence electrons. The summed E-state index contributed by atoms with van der Waals surface area (Å²) >= 11 is 0. The van der Waals surface area contributed by atoms with Crippen molar-refractivity contribution in [1.82, 2.24) is 10.9 Å². The van der Waals surface area contributed by atoms with Gasteiger partial charge in [-0.3, -0.25) is 9.59 Å². The van der Waals surface area contributed by atoms with Gasteiger partial charge < -0.3 is 0 Å². The fourth-order valence-corrected chi connectivity index (χ4v) is 2.68. The number of nitrogens with zero attached hydrogens (tertiary/aromatic N) is 2. The Bertz CT molecular complexity index is 1080. The molecule has 6 nitrogen and oxygen atoms in total. The van der Waals surface area contributed by atoms with Crippen LogP contribution < -0.4 is 10.9 Å². The van der Waals surface area contributed by atoms with Crippen molar-refractivity contribution in [2.24, 2.45) is 10.2 Å². The van der Waals surface area contributed by atoms with Gasteiger partial charge in [0.15, 0.2) is 0 Å². The van der Waals surface area contributed by atoms with Gasteiger partial charge in [-0.25, -0.2) is 19.6 Å². The summed E-state index contributed by atoms with van der Waals surface area (Å²) in [6, 6.07) is 17.5. The Morgan fingerprint density at radius 2 is 0.844 bits per heavy atom. The summed E-state index contributed by atoms with van der Waals surface area (Å²) in [5.74, 6) is -1.62. The number of hydrogen-bond donors (Lipinski definition) is 2. The van der Waals surface area contributed by atoms with Crippen molar-refractivity contribution < 1.29 is 18.4 Å². The van der Waals surface area contributed by atoms with E-state index >= 15 is 0 Å². The molecule has 3 rings (SSSR count). The third-order valence-corrected chi connectivity index (χ3v) is 4.58. The highest BCUT2D eigenvalue weighted by atomic mass is 19.1. The minimum Gasteiger partial charge on any atom is -0.267 e. The van der Waals surface area contributed by atoms with Gasteiger partial charge in [-0.2, -0.15) is 10.2 Å². The number of hydrogen-bond acceptors (Lipinski definition) is 4. The molecule has 0 aliphatic carbocycles. The molecule has 0 spiro atoms. The van der Waals surface area contributed by atoms with Crippen molar-refractivity contribution in [3.63, 3.8) is 0 Å². The Hall–Kier alpha value is -4.20. The number of hydrazone groups is 2. The van der Waals surface area contributed by atoms with Crippen LogP contribution >= 0.6 is 0 Å². The summed E-state index contributed by atoms with van der Waals surface area (Å²) in [5.41, 5.74) is 7.86. The monoisotopic (exact) mass is 434 g/mol. The number of nitrogens with one attached hydrogen (secondary N) is 2. The van der Waals surface area contributed by atoms with Crippen molar-refractivity contribution in [2.45, 2.75) is 13.8 Å². The molecule has 0 saturated heterocycles. The second-order valence-electron chi connectivity index (χ2n) is 6.87. The lowest BCUT2D eigenvalue weighted by Gasteiger charge is -2.05. The van der Waals surface area contributed by atoms with Crippen LogP contribution in [0.25, 0.3) is 0 Å². The topological polar surface area (TPSA) is 82.9 Å². The Balaban J connectivity index is 1.59. The molecule has 8 heteroatoms. The molecule has 0 bridgehead atoms. The maximum Gasteiger partial charge on any atom is 0.271 e. The van der Waals surface area contributed by atoms with Crippen LogP contribution in [0.5, 0.6) is 0 Å². The number of carbonyl (C=O) groups is 2. The highest BCUT2D eigenvalue weighted by molar-refractivity contribution is 6.02. The van der Waals surface area contributed by atoms with E-state index in [9.17, 15) is 18.4 Å². The highest BCUT2D eigenvalue weighted by Gasteiger charge is 2.09. The van der Waals surface area contributed by atoms with E-state index in [2.05, 4.69) is 21.1 Å². The second-order valence-corrected chi connectivity index (χ2v) is 6.87. The molecular formula is C24H20F2N4O2. The molecule has 32 heavy (non-hydrogen) atoms. The summed E-state index contributed by atoms with van der Waals surface area (Å²) in [7, 11) is 0. The molecule has 0 radical (unpaired) electrons. The van der Waals surface area contributed by atoms with E-state index < -0.39 is 11.8 Å². The van der Waals surface area contributed by atoms with Gasteiger partial charge in [-0.05, 0) is 73.5 Å². The number of amides is 2. The first kappa shape index (κ1) is 22.5. The fourth-order valence-electron chi connectivity index (χ4n) is 2.68. The zero-order valence-corrected chi connectivity index (χ0v) is 17.4. The minimum absolute atomic E-state index is 0.309. The summed E-state index contributed by atoms with van der Waals surface area (Å²) in [5, 5.41) is 8.03. The summed E-state index contributed by atoms with van der Waals surface area (Å²) < 4.78 is 26.0. The highest BCUT2D eigenvalue weighted by Crippen LogP contribution is 2.07. The SMILES string of the molecule is C/C(=N/NC(=O)c1ccc(C(=O)N/N=C(/C)c2ccc(F)cc2)cc1)c1ccc(F)cc1. The van der Waals surface area contributed by atoms with Gasteiger partial charge >= 0.3 is 0 Å². The maximum atomic E-state index is 13.0. The lowest BCUT2D eigenvalue weighted by atomic mass is 10.1. The van der Waals surface area contributed by atoms with E-state index in [4.69, 9.17) is 0 Å². The normalized spacial score (nSPS) is 11.8. The predicted molar refractivity (Wildman–Crippen MR) is 119 cm³/mol. The summed E-state index contributed by atoms with van der Waals surface area (Å²) in [4.78, 5) is 24.6. The zero-order valence-electron chi connectivity index (χ0n) is 17.4. The Morgan fingerprint density at radius 3 is 1.16 bits per heavy atom. The molecule has 0 atom stereocenters. The van der Waals surface area contributed by atoms with Gasteiger partial charge in [-0.1, -0.05) is 24.3 Å². The number of benzene rings is 3. The van der Waals surface area contributed by atoms with Gasteiger partial charge in [0.25, 0.3) is 11.8 Å². The lowest BCUT2D eigenvalue weighted by molar-refractivity contribution is 0.0943. The van der Waals surface area contributed by atoms with E-state index in [0.717, 1.165) is 0 Å². The number of halogens is 2. The summed E-state index contributed by atoms with van der Waals surface area (Å²) in [6.07, 6.45) is 0. The van der Waals surface area contributed by atoms with Crippen LogP contribution in [0.2, 0.25) is 0 Å². The van der Waals surface area contributed by atoms with Crippen LogP contribution in [0.3, 0.4) is 0 Å². The quantitative estimate of drug-likeness (QED) is 0.449. The molecule has 2 N–H and O–H groups in total. The lowest BCUT2D eigenvalue weighted by Crippen LogP contribution is -2.21. The van der Waals surface area contributed by atoms with Crippen molar-refractivity contribution >= 4 is 23.2 Å². The van der Waals surface area contributed by atoms with Crippen molar-refractivity contribution in [3.05, 3.63) is 107 Å². The molecule has 0 fully saturated rings. The van der Waals surface area contributed by atoms with E-state index in [0.29, 0.717) is 33.7 Å². The van der Waals surface area contributed by atoms with Crippen molar-refractivity contribution in [3.8, 4) is 0 Å². The molecule has 0 saturated carbocycles. The molecule has 3 aromatic rings. The van der Waals surface area contributed by atoms with E-state index in [1.807, 2.05) is 0 Å². The molecule has 0 heterocycles. The van der Waals surface area contributed by atoms with E-state index in [-0.39, 0.29) is 11.6 Å². The van der Waals surface area contributed by atoms with Crippen LogP contribution in [-0.4, -0.2) is 23.2 Å². The molecule has 3 aromatic carbocycles. The van der Waals surface area contributed by atoms with Crippen molar-refractivity contribution in [2.75, 3.05) is 0 Å². The number of rotatable bonds is 6. The van der Waals surface area contributed by atoms with Gasteiger partial charge in [0, 0.05) is 11.1 Å². The average molecular weight is 434 g/mol. The van der Waals surface area contributed by atoms with E-state index in [1.165, 1.54) is 48.5 Å². The summed E-state index contributed by atoms with van der Waals surface area (Å²) in [6.45, 7) is 3.38. The van der Waals surface area contributed by atoms with Crippen molar-refractivity contribution in [1.29, 1.82) is 0 Å². The van der Waals surface area contributed by atoms with Gasteiger partial charge in [0.05, 0.1) is 11.4 Å². The van der Waals surface area contributed by atoms with Gasteiger partial charge in [-0.15, -0.1) is 0 Å². The van der Waals surface area contributed by atoms with Crippen LogP contribution in [0.15, 0.2) is 83.0 Å². The Kier molecular flexibility index (Phi) is 7.17. The molecular weight excluding hydrogens is 414 g/mol. The first-order valence-electron chi connectivity index (χ1n) is 9.64. The Labute approximate surface area is 183 Å². The van der Waals surface area contributed by atoms with Gasteiger partial charge in [0.1, 0.15) is 11.6 Å². The zero-order chi connectivity index (χ0) is 23.1. The molecule has 0 aromatic heterocycles. The predicted octanol–water partition coefficient (Wildman–Crippen LogP) is 4.27. The molecule has 0 aliphatic rings. The van der Waals surface area contributed by atoms with Crippen LogP contribution in [0, 0.1) is 11.6 Å². The minimum atomic E-state index is -0.455. The first-order chi connectivity index (χ1) is 15.3. The largest absolute Gasteiger partial charge is 0.271 e. The van der Waals surface area contributed by atoms with Crippen LogP contribution in [0.4, 0.5) is 8.78 Å². The average Bonchev–Trinajstić information content (AvgIpc) is 2.81. The first-order valence-corrected chi connectivity index (χ1v) is 9.64. The molecule has 0 aliphatic heterocycles. The Morgan fingerprint density at radius 1 is 0.562 bits per heavy atom. The molecule has 0 unspecified atom stereocenters. The third-order valence-electron chi connectivity index (χ3n) is 4.58. The smallest absolute Gasteiger partial charge is 0.267 e. The van der Waals surface area contributed by atoms with Crippen LogP contribution in [-0.2, 0) is 0 Å². The number of carbonyl (C=O) groups excluding carboxylic acids is 2. The van der Waals surface area contributed by atoms with Gasteiger partial charge in [0.2, 0.25) is 0 Å². The standard InChI is InChI=1S/C24H20F2N4O2/c1-15(17-7-11-21(25)12-8-17)27-29-23(31)19-3-5-20(6-4-19)24(32)30-28-16(2)18-9-13-22(26)14-10-18/h3-14H,1-2H3,(H,29,31)(H,30,32)/b27-15-,28-16-. The second kappa shape index (κ2) is 10.2. The fraction of sp³-hybridized carbons (Fsp3) is 0.0833.